The Labute approximate surface area is 148 Å². The molecule has 7 heteroatoms. The highest BCUT2D eigenvalue weighted by Crippen LogP contribution is 2.19. The molecule has 2 aromatic rings. The van der Waals surface area contributed by atoms with Crippen molar-refractivity contribution in [1.82, 2.24) is 5.32 Å². The first-order valence-electron chi connectivity index (χ1n) is 7.90. The summed E-state index contributed by atoms with van der Waals surface area (Å²) >= 11 is 0. The van der Waals surface area contributed by atoms with E-state index in [0.717, 1.165) is 17.6 Å². The van der Waals surface area contributed by atoms with E-state index in [0.29, 0.717) is 17.9 Å². The third kappa shape index (κ3) is 5.79. The van der Waals surface area contributed by atoms with Gasteiger partial charge in [-0.1, -0.05) is 18.2 Å². The summed E-state index contributed by atoms with van der Waals surface area (Å²) in [6.07, 6.45) is 1.06. The molecule has 0 saturated carbocycles. The van der Waals surface area contributed by atoms with Gasteiger partial charge in [-0.2, -0.15) is 0 Å². The summed E-state index contributed by atoms with van der Waals surface area (Å²) in [5.74, 6) is 0.503. The average molecular weight is 362 g/mol. The molecule has 0 aliphatic carbocycles. The van der Waals surface area contributed by atoms with Gasteiger partial charge in [0.2, 0.25) is 10.0 Å². The van der Waals surface area contributed by atoms with Crippen LogP contribution in [0.1, 0.15) is 35.8 Å². The molecule has 0 bridgehead atoms. The van der Waals surface area contributed by atoms with Gasteiger partial charge >= 0.3 is 0 Å². The van der Waals surface area contributed by atoms with Gasteiger partial charge < -0.3 is 10.1 Å². The van der Waals surface area contributed by atoms with Gasteiger partial charge in [0.25, 0.3) is 5.91 Å². The molecular formula is C18H22N2O4S. The Morgan fingerprint density at radius 2 is 1.84 bits per heavy atom. The maximum absolute atomic E-state index is 12.4. The standard InChI is InChI=1S/C18H22N2O4S/c1-4-24-17-10-8-14(9-11-17)13(2)19-18(21)15-6-5-7-16(12-15)20-25(3,22)23/h5-13,20H,4H2,1-3H3,(H,19,21). The lowest BCUT2D eigenvalue weighted by molar-refractivity contribution is 0.0940. The maximum Gasteiger partial charge on any atom is 0.251 e. The first-order chi connectivity index (χ1) is 11.8. The Hall–Kier alpha value is -2.54. The van der Waals surface area contributed by atoms with Crippen LogP contribution < -0.4 is 14.8 Å². The highest BCUT2D eigenvalue weighted by Gasteiger charge is 2.13. The van der Waals surface area contributed by atoms with Crippen LogP contribution in [0.5, 0.6) is 5.75 Å². The summed E-state index contributed by atoms with van der Waals surface area (Å²) in [6.45, 7) is 4.40. The van der Waals surface area contributed by atoms with Crippen LogP contribution in [0, 0.1) is 0 Å². The fourth-order valence-electron chi connectivity index (χ4n) is 2.32. The smallest absolute Gasteiger partial charge is 0.251 e. The van der Waals surface area contributed by atoms with Crippen LogP contribution in [0.15, 0.2) is 48.5 Å². The Morgan fingerprint density at radius 1 is 1.16 bits per heavy atom. The van der Waals surface area contributed by atoms with Crippen LogP contribution in [0.25, 0.3) is 0 Å². The molecule has 1 amide bonds. The van der Waals surface area contributed by atoms with Crippen molar-refractivity contribution < 1.29 is 17.9 Å². The second kappa shape index (κ2) is 8.02. The zero-order valence-electron chi connectivity index (χ0n) is 14.4. The molecule has 0 spiro atoms. The van der Waals surface area contributed by atoms with E-state index in [1.165, 1.54) is 6.07 Å². The molecule has 1 unspecified atom stereocenters. The van der Waals surface area contributed by atoms with E-state index in [-0.39, 0.29) is 11.9 Å². The number of carbonyl (C=O) groups is 1. The SMILES string of the molecule is CCOc1ccc(C(C)NC(=O)c2cccc(NS(C)(=O)=O)c2)cc1. The fraction of sp³-hybridized carbons (Fsp3) is 0.278. The van der Waals surface area contributed by atoms with Crippen LogP contribution >= 0.6 is 0 Å². The third-order valence-electron chi connectivity index (χ3n) is 3.47. The van der Waals surface area contributed by atoms with Crippen LogP contribution in [-0.4, -0.2) is 27.2 Å². The Bertz CT molecular complexity index is 832. The molecule has 0 fully saturated rings. The minimum atomic E-state index is -3.39. The molecule has 0 radical (unpaired) electrons. The number of amides is 1. The zero-order chi connectivity index (χ0) is 18.4. The zero-order valence-corrected chi connectivity index (χ0v) is 15.3. The minimum Gasteiger partial charge on any atom is -0.494 e. The van der Waals surface area contributed by atoms with Crippen molar-refractivity contribution >= 4 is 21.6 Å². The highest BCUT2D eigenvalue weighted by molar-refractivity contribution is 7.92. The molecule has 2 rings (SSSR count). The summed E-state index contributed by atoms with van der Waals surface area (Å²) in [5, 5.41) is 2.90. The lowest BCUT2D eigenvalue weighted by Crippen LogP contribution is -2.26. The van der Waals surface area contributed by atoms with Crippen LogP contribution in [0.3, 0.4) is 0 Å². The normalized spacial score (nSPS) is 12.3. The van der Waals surface area contributed by atoms with Gasteiger partial charge in [-0.25, -0.2) is 8.42 Å². The lowest BCUT2D eigenvalue weighted by atomic mass is 10.1. The van der Waals surface area contributed by atoms with E-state index < -0.39 is 10.0 Å². The summed E-state index contributed by atoms with van der Waals surface area (Å²) in [6, 6.07) is 13.7. The molecular weight excluding hydrogens is 340 g/mol. The number of hydrogen-bond acceptors (Lipinski definition) is 4. The molecule has 0 aliphatic heterocycles. The molecule has 0 aromatic heterocycles. The second-order valence-electron chi connectivity index (χ2n) is 5.65. The van der Waals surface area contributed by atoms with Gasteiger partial charge in [-0.3, -0.25) is 9.52 Å². The number of hydrogen-bond donors (Lipinski definition) is 2. The van der Waals surface area contributed by atoms with Gasteiger partial charge in [0.1, 0.15) is 5.75 Å². The second-order valence-corrected chi connectivity index (χ2v) is 7.40. The van der Waals surface area contributed by atoms with E-state index in [1.807, 2.05) is 38.1 Å². The Kier molecular flexibility index (Phi) is 6.03. The largest absolute Gasteiger partial charge is 0.494 e. The molecule has 25 heavy (non-hydrogen) atoms. The predicted molar refractivity (Wildman–Crippen MR) is 98.4 cm³/mol. The van der Waals surface area contributed by atoms with Gasteiger partial charge in [0.15, 0.2) is 0 Å². The third-order valence-corrected chi connectivity index (χ3v) is 4.07. The number of sulfonamides is 1. The van der Waals surface area contributed by atoms with E-state index in [1.54, 1.807) is 18.2 Å². The number of anilines is 1. The first-order valence-corrected chi connectivity index (χ1v) is 9.79. The summed E-state index contributed by atoms with van der Waals surface area (Å²) in [7, 11) is -3.39. The number of benzene rings is 2. The van der Waals surface area contributed by atoms with Gasteiger partial charge in [-0.05, 0) is 49.7 Å². The van der Waals surface area contributed by atoms with Crippen molar-refractivity contribution in [2.45, 2.75) is 19.9 Å². The molecule has 2 aromatic carbocycles. The van der Waals surface area contributed by atoms with E-state index in [9.17, 15) is 13.2 Å². The highest BCUT2D eigenvalue weighted by atomic mass is 32.2. The number of rotatable bonds is 7. The Balaban J connectivity index is 2.07. The van der Waals surface area contributed by atoms with Crippen molar-refractivity contribution in [3.8, 4) is 5.75 Å². The lowest BCUT2D eigenvalue weighted by Gasteiger charge is -2.15. The number of ether oxygens (including phenoxy) is 1. The minimum absolute atomic E-state index is 0.199. The monoisotopic (exact) mass is 362 g/mol. The van der Waals surface area contributed by atoms with Crippen molar-refractivity contribution in [1.29, 1.82) is 0 Å². The van der Waals surface area contributed by atoms with Crippen LogP contribution in [0.2, 0.25) is 0 Å². The van der Waals surface area contributed by atoms with Crippen molar-refractivity contribution in [3.63, 3.8) is 0 Å². The van der Waals surface area contributed by atoms with Crippen molar-refractivity contribution in [3.05, 3.63) is 59.7 Å². The molecule has 0 heterocycles. The molecule has 0 aliphatic rings. The maximum atomic E-state index is 12.4. The average Bonchev–Trinajstić information content (AvgIpc) is 2.54. The molecule has 0 saturated heterocycles. The van der Waals surface area contributed by atoms with E-state index >= 15 is 0 Å². The topological polar surface area (TPSA) is 84.5 Å². The summed E-state index contributed by atoms with van der Waals surface area (Å²) in [4.78, 5) is 12.4. The first kappa shape index (κ1) is 18.8. The number of carbonyl (C=O) groups excluding carboxylic acids is 1. The van der Waals surface area contributed by atoms with Crippen molar-refractivity contribution in [2.75, 3.05) is 17.6 Å². The predicted octanol–water partition coefficient (Wildman–Crippen LogP) is 2.95. The van der Waals surface area contributed by atoms with E-state index in [2.05, 4.69) is 10.0 Å². The fourth-order valence-corrected chi connectivity index (χ4v) is 2.88. The van der Waals surface area contributed by atoms with Gasteiger partial charge in [0.05, 0.1) is 18.9 Å². The van der Waals surface area contributed by atoms with Gasteiger partial charge in [0, 0.05) is 11.3 Å². The van der Waals surface area contributed by atoms with Gasteiger partial charge in [-0.15, -0.1) is 0 Å². The molecule has 1 atom stereocenters. The molecule has 6 nitrogen and oxygen atoms in total. The van der Waals surface area contributed by atoms with Crippen molar-refractivity contribution in [2.24, 2.45) is 0 Å². The summed E-state index contributed by atoms with van der Waals surface area (Å²) in [5.41, 5.74) is 1.68. The van der Waals surface area contributed by atoms with Crippen LogP contribution in [-0.2, 0) is 10.0 Å². The quantitative estimate of drug-likeness (QED) is 0.793. The van der Waals surface area contributed by atoms with E-state index in [4.69, 9.17) is 4.74 Å². The molecule has 134 valence electrons. The number of nitrogens with one attached hydrogen (secondary N) is 2. The van der Waals surface area contributed by atoms with Crippen LogP contribution in [0.4, 0.5) is 5.69 Å². The Morgan fingerprint density at radius 3 is 2.44 bits per heavy atom. The summed E-state index contributed by atoms with van der Waals surface area (Å²) < 4.78 is 30.4. The molecule has 2 N–H and O–H groups in total.